The van der Waals surface area contributed by atoms with Crippen LogP contribution in [0.25, 0.3) is 0 Å². The van der Waals surface area contributed by atoms with Crippen molar-refractivity contribution in [2.45, 2.75) is 25.7 Å². The van der Waals surface area contributed by atoms with Gasteiger partial charge in [-0.05, 0) is 30.7 Å². The summed E-state index contributed by atoms with van der Waals surface area (Å²) in [5, 5.41) is 0. The van der Waals surface area contributed by atoms with Crippen LogP contribution in [0.3, 0.4) is 0 Å². The van der Waals surface area contributed by atoms with Crippen LogP contribution in [-0.2, 0) is 17.6 Å². The van der Waals surface area contributed by atoms with Crippen molar-refractivity contribution >= 4 is 5.91 Å². The zero-order valence-electron chi connectivity index (χ0n) is 12.7. The molecule has 1 aromatic carbocycles. The Kier molecular flexibility index (Phi) is 4.78. The lowest BCUT2D eigenvalue weighted by Gasteiger charge is -2.32. The van der Waals surface area contributed by atoms with Crippen molar-refractivity contribution in [2.24, 2.45) is 5.92 Å². The Morgan fingerprint density at radius 3 is 2.86 bits per heavy atom. The number of amides is 1. The molecule has 114 valence electrons. The third-order valence-corrected chi connectivity index (χ3v) is 4.18. The van der Waals surface area contributed by atoms with E-state index < -0.39 is 0 Å². The molecule has 1 saturated heterocycles. The number of carbonyl (C=O) groups excluding carboxylic acids is 1. The standard InChI is InChI=1S/C18H21N3O/c22-18(12-15-5-2-1-3-6-15)21-10-4-7-16(14-21)11-17-13-19-8-9-20-17/h1-3,5-6,8-9,13,16H,4,7,10-12,14H2. The van der Waals surface area contributed by atoms with Crippen LogP contribution in [0, 0.1) is 5.92 Å². The second-order valence-corrected chi connectivity index (χ2v) is 5.91. The molecular formula is C18H21N3O. The van der Waals surface area contributed by atoms with E-state index in [0.29, 0.717) is 12.3 Å². The molecule has 1 aromatic heterocycles. The summed E-state index contributed by atoms with van der Waals surface area (Å²) >= 11 is 0. The Morgan fingerprint density at radius 2 is 2.09 bits per heavy atom. The summed E-state index contributed by atoms with van der Waals surface area (Å²) in [4.78, 5) is 22.9. The quantitative estimate of drug-likeness (QED) is 0.870. The Labute approximate surface area is 131 Å². The van der Waals surface area contributed by atoms with E-state index in [0.717, 1.165) is 43.6 Å². The molecule has 4 nitrogen and oxygen atoms in total. The van der Waals surface area contributed by atoms with E-state index in [4.69, 9.17) is 0 Å². The van der Waals surface area contributed by atoms with Gasteiger partial charge in [0.15, 0.2) is 0 Å². The summed E-state index contributed by atoms with van der Waals surface area (Å²) in [6.45, 7) is 1.71. The third-order valence-electron chi connectivity index (χ3n) is 4.18. The normalized spacial score (nSPS) is 18.2. The summed E-state index contributed by atoms with van der Waals surface area (Å²) in [5.41, 5.74) is 2.11. The van der Waals surface area contributed by atoms with Crippen molar-refractivity contribution in [3.8, 4) is 0 Å². The molecule has 0 saturated carbocycles. The summed E-state index contributed by atoms with van der Waals surface area (Å²) < 4.78 is 0. The van der Waals surface area contributed by atoms with Crippen LogP contribution in [0.15, 0.2) is 48.9 Å². The maximum absolute atomic E-state index is 12.5. The summed E-state index contributed by atoms with van der Waals surface area (Å²) in [7, 11) is 0. The summed E-state index contributed by atoms with van der Waals surface area (Å²) in [6, 6.07) is 9.97. The van der Waals surface area contributed by atoms with Crippen LogP contribution >= 0.6 is 0 Å². The largest absolute Gasteiger partial charge is 0.342 e. The molecule has 3 rings (SSSR count). The van der Waals surface area contributed by atoms with Crippen molar-refractivity contribution in [1.82, 2.24) is 14.9 Å². The first-order valence-electron chi connectivity index (χ1n) is 7.88. The molecule has 22 heavy (non-hydrogen) atoms. The van der Waals surface area contributed by atoms with Crippen molar-refractivity contribution in [3.05, 3.63) is 60.2 Å². The Morgan fingerprint density at radius 1 is 1.23 bits per heavy atom. The van der Waals surface area contributed by atoms with Crippen LogP contribution in [-0.4, -0.2) is 33.9 Å². The third kappa shape index (κ3) is 3.91. The molecule has 1 atom stereocenters. The van der Waals surface area contributed by atoms with Gasteiger partial charge >= 0.3 is 0 Å². The van der Waals surface area contributed by atoms with Gasteiger partial charge in [-0.25, -0.2) is 0 Å². The molecule has 1 unspecified atom stereocenters. The summed E-state index contributed by atoms with van der Waals surface area (Å²) in [6.07, 6.45) is 8.89. The molecule has 0 spiro atoms. The van der Waals surface area contributed by atoms with E-state index in [1.807, 2.05) is 41.4 Å². The molecule has 0 aliphatic carbocycles. The number of carbonyl (C=O) groups is 1. The van der Waals surface area contributed by atoms with E-state index in [2.05, 4.69) is 9.97 Å². The van der Waals surface area contributed by atoms with Gasteiger partial charge in [0.25, 0.3) is 0 Å². The lowest BCUT2D eigenvalue weighted by molar-refractivity contribution is -0.132. The molecule has 0 radical (unpaired) electrons. The zero-order valence-corrected chi connectivity index (χ0v) is 12.7. The predicted octanol–water partition coefficient (Wildman–Crippen LogP) is 2.50. The minimum Gasteiger partial charge on any atom is -0.342 e. The lowest BCUT2D eigenvalue weighted by atomic mass is 9.93. The average molecular weight is 295 g/mol. The monoisotopic (exact) mass is 295 g/mol. The fraction of sp³-hybridized carbons (Fsp3) is 0.389. The number of likely N-dealkylation sites (tertiary alicyclic amines) is 1. The van der Waals surface area contributed by atoms with E-state index in [9.17, 15) is 4.79 Å². The van der Waals surface area contributed by atoms with E-state index in [-0.39, 0.29) is 5.91 Å². The average Bonchev–Trinajstić information content (AvgIpc) is 2.57. The van der Waals surface area contributed by atoms with Gasteiger partial charge in [0, 0.05) is 31.7 Å². The highest BCUT2D eigenvalue weighted by atomic mass is 16.2. The zero-order chi connectivity index (χ0) is 15.2. The SMILES string of the molecule is O=C(Cc1ccccc1)N1CCCC(Cc2cnccn2)C1. The van der Waals surface area contributed by atoms with Crippen LogP contribution in [0.5, 0.6) is 0 Å². The molecule has 2 heterocycles. The highest BCUT2D eigenvalue weighted by Gasteiger charge is 2.24. The maximum Gasteiger partial charge on any atom is 0.226 e. The highest BCUT2D eigenvalue weighted by Crippen LogP contribution is 2.20. The van der Waals surface area contributed by atoms with Gasteiger partial charge < -0.3 is 4.90 Å². The minimum absolute atomic E-state index is 0.232. The first-order chi connectivity index (χ1) is 10.8. The molecule has 2 aromatic rings. The van der Waals surface area contributed by atoms with Gasteiger partial charge in [-0.1, -0.05) is 30.3 Å². The van der Waals surface area contributed by atoms with Crippen molar-refractivity contribution in [2.75, 3.05) is 13.1 Å². The van der Waals surface area contributed by atoms with Gasteiger partial charge in [0.1, 0.15) is 0 Å². The fourth-order valence-corrected chi connectivity index (χ4v) is 3.07. The molecular weight excluding hydrogens is 274 g/mol. The summed E-state index contributed by atoms with van der Waals surface area (Å²) in [5.74, 6) is 0.722. The predicted molar refractivity (Wildman–Crippen MR) is 85.2 cm³/mol. The number of rotatable bonds is 4. The van der Waals surface area contributed by atoms with Crippen LogP contribution in [0.1, 0.15) is 24.1 Å². The maximum atomic E-state index is 12.5. The number of hydrogen-bond acceptors (Lipinski definition) is 3. The molecule has 4 heteroatoms. The smallest absolute Gasteiger partial charge is 0.226 e. The first-order valence-corrected chi connectivity index (χ1v) is 7.88. The second-order valence-electron chi connectivity index (χ2n) is 5.91. The van der Waals surface area contributed by atoms with Crippen molar-refractivity contribution in [1.29, 1.82) is 0 Å². The van der Waals surface area contributed by atoms with Gasteiger partial charge in [-0.15, -0.1) is 0 Å². The van der Waals surface area contributed by atoms with Gasteiger partial charge in [0.05, 0.1) is 12.1 Å². The van der Waals surface area contributed by atoms with E-state index in [1.165, 1.54) is 0 Å². The van der Waals surface area contributed by atoms with Gasteiger partial charge in [-0.3, -0.25) is 14.8 Å². The lowest BCUT2D eigenvalue weighted by Crippen LogP contribution is -2.41. The fourth-order valence-electron chi connectivity index (χ4n) is 3.07. The number of piperidine rings is 1. The van der Waals surface area contributed by atoms with Crippen molar-refractivity contribution in [3.63, 3.8) is 0 Å². The number of nitrogens with zero attached hydrogens (tertiary/aromatic N) is 3. The molecule has 1 amide bonds. The number of benzene rings is 1. The second kappa shape index (κ2) is 7.16. The minimum atomic E-state index is 0.232. The van der Waals surface area contributed by atoms with Gasteiger partial charge in [0.2, 0.25) is 5.91 Å². The number of aromatic nitrogens is 2. The van der Waals surface area contributed by atoms with Crippen LogP contribution in [0.4, 0.5) is 0 Å². The molecule has 0 bridgehead atoms. The van der Waals surface area contributed by atoms with Crippen molar-refractivity contribution < 1.29 is 4.79 Å². The Balaban J connectivity index is 1.57. The van der Waals surface area contributed by atoms with E-state index in [1.54, 1.807) is 12.4 Å². The van der Waals surface area contributed by atoms with Gasteiger partial charge in [-0.2, -0.15) is 0 Å². The molecule has 1 fully saturated rings. The highest BCUT2D eigenvalue weighted by molar-refractivity contribution is 5.78. The Hall–Kier alpha value is -2.23. The first kappa shape index (κ1) is 14.7. The van der Waals surface area contributed by atoms with Crippen LogP contribution < -0.4 is 0 Å². The van der Waals surface area contributed by atoms with Crippen LogP contribution in [0.2, 0.25) is 0 Å². The Bertz CT molecular complexity index is 600. The molecule has 1 aliphatic rings. The number of hydrogen-bond donors (Lipinski definition) is 0. The van der Waals surface area contributed by atoms with E-state index >= 15 is 0 Å². The molecule has 1 aliphatic heterocycles. The topological polar surface area (TPSA) is 46.1 Å². The molecule has 0 N–H and O–H groups in total.